The number of ether oxygens (including phenoxy) is 8. The van der Waals surface area contributed by atoms with Crippen LogP contribution < -0.4 is 0 Å². The van der Waals surface area contributed by atoms with Crippen LogP contribution in [-0.4, -0.2) is 152 Å². The second kappa shape index (κ2) is 17.3. The molecule has 0 spiro atoms. The van der Waals surface area contributed by atoms with E-state index in [0.29, 0.717) is 12.8 Å². The molecule has 0 aromatic rings. The third-order valence-corrected chi connectivity index (χ3v) is 10.6. The van der Waals surface area contributed by atoms with E-state index in [4.69, 9.17) is 37.9 Å². The van der Waals surface area contributed by atoms with E-state index in [1.807, 2.05) is 46.7 Å². The molecule has 4 rings (SSSR count). The number of hydrogen-bond acceptors (Lipinski definition) is 14. The Kier molecular flexibility index (Phi) is 14.2. The van der Waals surface area contributed by atoms with E-state index in [2.05, 4.69) is 0 Å². The Morgan fingerprint density at radius 1 is 0.860 bits per heavy atom. The first kappa shape index (κ1) is 40.9. The Labute approximate surface area is 295 Å². The predicted octanol–water partition coefficient (Wildman–Crippen LogP) is 1.37. The summed E-state index contributed by atoms with van der Waals surface area (Å²) in [5.41, 5.74) is -1.87. The zero-order valence-corrected chi connectivity index (χ0v) is 31.0. The van der Waals surface area contributed by atoms with Gasteiger partial charge < -0.3 is 58.1 Å². The largest absolute Gasteiger partial charge is 0.456 e. The fourth-order valence-corrected chi connectivity index (χ4v) is 7.36. The molecule has 0 amide bonds. The molecule has 4 heterocycles. The smallest absolute Gasteiger partial charge is 0.330 e. The minimum Gasteiger partial charge on any atom is -0.456 e. The lowest BCUT2D eigenvalue weighted by Gasteiger charge is -2.43. The predicted molar refractivity (Wildman–Crippen MR) is 180 cm³/mol. The number of ketones is 1. The molecule has 0 radical (unpaired) electrons. The van der Waals surface area contributed by atoms with Gasteiger partial charge in [-0.25, -0.2) is 4.79 Å². The third-order valence-electron chi connectivity index (χ3n) is 10.6. The highest BCUT2D eigenvalue weighted by Crippen LogP contribution is 2.39. The highest BCUT2D eigenvalue weighted by Gasteiger charge is 2.58. The molecule has 286 valence electrons. The average molecular weight is 714 g/mol. The van der Waals surface area contributed by atoms with E-state index >= 15 is 0 Å². The van der Waals surface area contributed by atoms with E-state index in [-0.39, 0.29) is 35.7 Å². The van der Waals surface area contributed by atoms with Gasteiger partial charge in [-0.2, -0.15) is 0 Å². The van der Waals surface area contributed by atoms with Gasteiger partial charge >= 0.3 is 5.97 Å². The summed E-state index contributed by atoms with van der Waals surface area (Å²) in [5, 5.41) is 33.8. The summed E-state index contributed by atoms with van der Waals surface area (Å²) < 4.78 is 47.0. The summed E-state index contributed by atoms with van der Waals surface area (Å²) in [6.07, 6.45) is -2.27. The third kappa shape index (κ3) is 9.39. The lowest BCUT2D eigenvalue weighted by molar-refractivity contribution is -0.312. The van der Waals surface area contributed by atoms with Crippen LogP contribution in [0.2, 0.25) is 0 Å². The molecular formula is C36H59NO13. The van der Waals surface area contributed by atoms with Gasteiger partial charge in [0.05, 0.1) is 24.9 Å². The molecule has 2 unspecified atom stereocenters. The van der Waals surface area contributed by atoms with Gasteiger partial charge in [-0.05, 0) is 65.8 Å². The summed E-state index contributed by atoms with van der Waals surface area (Å²) >= 11 is 0. The minimum absolute atomic E-state index is 0.119. The number of aliphatic hydroxyl groups is 3. The van der Waals surface area contributed by atoms with Crippen molar-refractivity contribution >= 4 is 11.8 Å². The summed E-state index contributed by atoms with van der Waals surface area (Å²) in [5.74, 6) is -1.73. The number of cyclic esters (lactones) is 1. The Morgan fingerprint density at radius 2 is 1.54 bits per heavy atom. The minimum atomic E-state index is -1.87. The number of aliphatic hydroxyl groups excluding tert-OH is 2. The van der Waals surface area contributed by atoms with Crippen molar-refractivity contribution < 1.29 is 62.8 Å². The van der Waals surface area contributed by atoms with Crippen molar-refractivity contribution in [2.45, 2.75) is 140 Å². The van der Waals surface area contributed by atoms with Crippen LogP contribution in [0.4, 0.5) is 0 Å². The van der Waals surface area contributed by atoms with Crippen LogP contribution in [0.5, 0.6) is 0 Å². The van der Waals surface area contributed by atoms with Gasteiger partial charge in [-0.3, -0.25) is 4.79 Å². The number of nitrogens with zero attached hydrogens (tertiary/aromatic N) is 1. The maximum absolute atomic E-state index is 13.3. The van der Waals surface area contributed by atoms with E-state index in [1.165, 1.54) is 33.3 Å². The number of carbonyl (C=O) groups is 2. The first-order valence-electron chi connectivity index (χ1n) is 17.7. The van der Waals surface area contributed by atoms with Crippen molar-refractivity contribution in [3.63, 3.8) is 0 Å². The fraction of sp³-hybridized carbons (Fsp3) is 0.833. The number of allylic oxidation sites excluding steroid dienone is 1. The topological polar surface area (TPSA) is 175 Å². The first-order chi connectivity index (χ1) is 23.5. The van der Waals surface area contributed by atoms with Crippen molar-refractivity contribution in [1.82, 2.24) is 4.90 Å². The number of hydrogen-bond donors (Lipinski definition) is 3. The summed E-state index contributed by atoms with van der Waals surface area (Å²) in [7, 11) is 6.69. The van der Waals surface area contributed by atoms with Gasteiger partial charge in [0, 0.05) is 38.2 Å². The normalized spacial score (nSPS) is 47.7. The Hall–Kier alpha value is -1.82. The maximum atomic E-state index is 13.3. The van der Waals surface area contributed by atoms with Gasteiger partial charge in [0.25, 0.3) is 0 Å². The molecule has 0 aliphatic carbocycles. The Balaban J connectivity index is 1.57. The molecule has 3 N–H and O–H groups in total. The quantitative estimate of drug-likeness (QED) is 0.243. The van der Waals surface area contributed by atoms with Crippen LogP contribution in [0.1, 0.15) is 54.4 Å². The number of esters is 1. The molecule has 14 heteroatoms. The van der Waals surface area contributed by atoms with Crippen LogP contribution in [0.3, 0.4) is 0 Å². The lowest BCUT2D eigenvalue weighted by Crippen LogP contribution is -2.60. The highest BCUT2D eigenvalue weighted by molar-refractivity contribution is 5.91. The number of fused-ring (bicyclic) bond motifs is 1. The van der Waals surface area contributed by atoms with E-state index in [1.54, 1.807) is 19.1 Å². The van der Waals surface area contributed by atoms with Crippen LogP contribution in [0.15, 0.2) is 24.3 Å². The van der Waals surface area contributed by atoms with E-state index in [9.17, 15) is 24.9 Å². The highest BCUT2D eigenvalue weighted by atomic mass is 16.7. The van der Waals surface area contributed by atoms with Gasteiger partial charge in [-0.15, -0.1) is 0 Å². The zero-order valence-electron chi connectivity index (χ0n) is 31.0. The van der Waals surface area contributed by atoms with Crippen molar-refractivity contribution in [3.8, 4) is 0 Å². The molecule has 3 fully saturated rings. The molecule has 0 saturated carbocycles. The maximum Gasteiger partial charge on any atom is 0.330 e. The molecule has 4 aliphatic heterocycles. The zero-order chi connectivity index (χ0) is 37.1. The molecule has 0 aromatic heterocycles. The van der Waals surface area contributed by atoms with E-state index < -0.39 is 85.7 Å². The second-order valence-corrected chi connectivity index (χ2v) is 14.8. The molecule has 17 atom stereocenters. The monoisotopic (exact) mass is 713 g/mol. The molecule has 4 aliphatic rings. The van der Waals surface area contributed by atoms with Gasteiger partial charge in [-0.1, -0.05) is 26.8 Å². The number of rotatable bonds is 8. The standard InChI is InChI=1S/C36H59NO13/c1-18-11-14-27(39)48-23(6)36(42,17-45-35-32(44-10)31(43-9)28(40)22(5)47-35)33-26(49-33)13-12-25(38)19(2)15-20(3)30(18)50-34-29(41)24(37(7)8)16-21(4)46-34/h11-14,18-24,26,28-35,40-42H,15-17H2,1-10H3/b13-12-,14-11-/t18-,19+,20-,21?,22+,23?,24-,26+,28+,29+,30+,31+,32+,33+,34-,35+,36-/m0/s1. The van der Waals surface area contributed by atoms with Crippen LogP contribution in [0, 0.1) is 17.8 Å². The summed E-state index contributed by atoms with van der Waals surface area (Å²) in [6, 6.07) is -0.171. The number of epoxide rings is 1. The first-order valence-corrected chi connectivity index (χ1v) is 17.7. The van der Waals surface area contributed by atoms with Gasteiger partial charge in [0.1, 0.15) is 42.7 Å². The van der Waals surface area contributed by atoms with Crippen LogP contribution in [0.25, 0.3) is 0 Å². The van der Waals surface area contributed by atoms with Crippen molar-refractivity contribution in [2.75, 3.05) is 34.9 Å². The van der Waals surface area contributed by atoms with Gasteiger partial charge in [0.15, 0.2) is 24.0 Å². The second-order valence-electron chi connectivity index (χ2n) is 14.8. The van der Waals surface area contributed by atoms with Crippen LogP contribution >= 0.6 is 0 Å². The Bertz CT molecular complexity index is 1200. The molecule has 14 nitrogen and oxygen atoms in total. The molecule has 50 heavy (non-hydrogen) atoms. The van der Waals surface area contributed by atoms with Crippen molar-refractivity contribution in [2.24, 2.45) is 17.8 Å². The number of methoxy groups -OCH3 is 2. The summed E-state index contributed by atoms with van der Waals surface area (Å²) in [4.78, 5) is 28.5. The summed E-state index contributed by atoms with van der Waals surface area (Å²) in [6.45, 7) is 10.5. The number of carbonyl (C=O) groups excluding carboxylic acids is 2. The number of likely N-dealkylation sites (N-methyl/N-ethyl adjacent to an activating group) is 1. The molecule has 3 saturated heterocycles. The lowest BCUT2D eigenvalue weighted by atomic mass is 9.84. The van der Waals surface area contributed by atoms with Crippen molar-refractivity contribution in [1.29, 1.82) is 0 Å². The molecule has 0 bridgehead atoms. The van der Waals surface area contributed by atoms with Crippen molar-refractivity contribution in [3.05, 3.63) is 24.3 Å². The molecular weight excluding hydrogens is 654 g/mol. The SMILES string of the molecule is CO[C@@H]1[C@H](O)[C@@H](C)O[C@@H](OC[C@]2(O)C(C)OC(=O)/C=C\[C@H](C)[C@@H](O[C@@H]3OC(C)C[C@H](N(C)C)[C@H]3O)[C@@H](C)C[C@@H](C)C(=O)/C=C\[C@H]3O[C@H]32)[C@@H]1OC. The molecule has 0 aromatic carbocycles. The average Bonchev–Trinajstić information content (AvgIpc) is 3.86. The van der Waals surface area contributed by atoms with Crippen LogP contribution in [-0.2, 0) is 47.5 Å². The Morgan fingerprint density at radius 3 is 2.18 bits per heavy atom. The fourth-order valence-electron chi connectivity index (χ4n) is 7.36. The van der Waals surface area contributed by atoms with E-state index in [0.717, 1.165) is 0 Å². The van der Waals surface area contributed by atoms with Gasteiger partial charge in [0.2, 0.25) is 0 Å².